The van der Waals surface area contributed by atoms with E-state index in [9.17, 15) is 0 Å². The first kappa shape index (κ1) is 13.5. The van der Waals surface area contributed by atoms with Gasteiger partial charge >= 0.3 is 0 Å². The van der Waals surface area contributed by atoms with Crippen molar-refractivity contribution in [2.45, 2.75) is 40.7 Å². The van der Waals surface area contributed by atoms with Crippen LogP contribution in [0.15, 0.2) is 18.3 Å². The highest BCUT2D eigenvalue weighted by Gasteiger charge is 2.13. The van der Waals surface area contributed by atoms with E-state index in [-0.39, 0.29) is 6.04 Å². The fraction of sp³-hybridized carbons (Fsp3) is 0.400. The van der Waals surface area contributed by atoms with Crippen LogP contribution in [0.5, 0.6) is 0 Å². The smallest absolute Gasteiger partial charge is 0.133 e. The molecule has 100 valence electrons. The highest BCUT2D eigenvalue weighted by Crippen LogP contribution is 2.22. The normalized spacial score (nSPS) is 12.3. The Morgan fingerprint density at radius 2 is 1.84 bits per heavy atom. The summed E-state index contributed by atoms with van der Waals surface area (Å²) in [6.45, 7) is 10.1. The Morgan fingerprint density at radius 3 is 2.53 bits per heavy atom. The van der Waals surface area contributed by atoms with Crippen molar-refractivity contribution in [1.29, 1.82) is 0 Å². The molecular weight excluding hydrogens is 236 g/mol. The molecule has 0 aliphatic rings. The van der Waals surface area contributed by atoms with Gasteiger partial charge in [0.1, 0.15) is 11.6 Å². The summed E-state index contributed by atoms with van der Waals surface area (Å²) in [4.78, 5) is 13.3. The van der Waals surface area contributed by atoms with Crippen LogP contribution in [0, 0.1) is 27.7 Å². The molecule has 2 heterocycles. The molecule has 0 aliphatic heterocycles. The molecule has 0 fully saturated rings. The van der Waals surface area contributed by atoms with E-state index in [0.717, 1.165) is 28.6 Å². The number of anilines is 1. The molecule has 0 aliphatic carbocycles. The van der Waals surface area contributed by atoms with Crippen molar-refractivity contribution in [2.24, 2.45) is 0 Å². The lowest BCUT2D eigenvalue weighted by Gasteiger charge is -2.18. The van der Waals surface area contributed by atoms with Gasteiger partial charge in [0.2, 0.25) is 0 Å². The van der Waals surface area contributed by atoms with Crippen LogP contribution in [-0.2, 0) is 0 Å². The first-order valence-corrected chi connectivity index (χ1v) is 6.49. The van der Waals surface area contributed by atoms with Crippen LogP contribution in [0.2, 0.25) is 0 Å². The maximum atomic E-state index is 4.48. The molecule has 0 saturated carbocycles. The molecule has 19 heavy (non-hydrogen) atoms. The van der Waals surface area contributed by atoms with E-state index in [2.05, 4.69) is 40.2 Å². The average Bonchev–Trinajstić information content (AvgIpc) is 2.35. The molecule has 0 aromatic carbocycles. The molecule has 4 heteroatoms. The third-order valence-electron chi connectivity index (χ3n) is 3.31. The number of hydrogen-bond acceptors (Lipinski definition) is 4. The molecule has 0 spiro atoms. The van der Waals surface area contributed by atoms with E-state index >= 15 is 0 Å². The maximum Gasteiger partial charge on any atom is 0.133 e. The predicted octanol–water partition coefficient (Wildman–Crippen LogP) is 3.28. The first-order chi connectivity index (χ1) is 8.99. The summed E-state index contributed by atoms with van der Waals surface area (Å²) in [5.74, 6) is 1.68. The average molecular weight is 256 g/mol. The zero-order chi connectivity index (χ0) is 14.0. The van der Waals surface area contributed by atoms with Crippen LogP contribution < -0.4 is 5.32 Å². The third-order valence-corrected chi connectivity index (χ3v) is 3.31. The minimum Gasteiger partial charge on any atom is -0.362 e. The van der Waals surface area contributed by atoms with Gasteiger partial charge in [0.05, 0.1) is 11.7 Å². The van der Waals surface area contributed by atoms with Gasteiger partial charge < -0.3 is 5.32 Å². The van der Waals surface area contributed by atoms with Crippen LogP contribution in [0.25, 0.3) is 0 Å². The summed E-state index contributed by atoms with van der Waals surface area (Å²) >= 11 is 0. The summed E-state index contributed by atoms with van der Waals surface area (Å²) < 4.78 is 0. The minimum absolute atomic E-state index is 0.119. The molecule has 0 radical (unpaired) electrons. The van der Waals surface area contributed by atoms with Gasteiger partial charge in [-0.3, -0.25) is 4.98 Å². The lowest BCUT2D eigenvalue weighted by molar-refractivity contribution is 0.812. The minimum atomic E-state index is 0.119. The second-order valence-electron chi connectivity index (χ2n) is 4.90. The van der Waals surface area contributed by atoms with Gasteiger partial charge in [0.15, 0.2) is 0 Å². The lowest BCUT2D eigenvalue weighted by atomic mass is 10.1. The highest BCUT2D eigenvalue weighted by molar-refractivity contribution is 5.47. The summed E-state index contributed by atoms with van der Waals surface area (Å²) in [5, 5.41) is 3.44. The maximum absolute atomic E-state index is 4.48. The molecule has 1 atom stereocenters. The fourth-order valence-electron chi connectivity index (χ4n) is 2.13. The van der Waals surface area contributed by atoms with Crippen molar-refractivity contribution in [1.82, 2.24) is 15.0 Å². The van der Waals surface area contributed by atoms with Gasteiger partial charge in [-0.1, -0.05) is 6.07 Å². The van der Waals surface area contributed by atoms with Crippen molar-refractivity contribution < 1.29 is 0 Å². The SMILES string of the molecule is Cc1nc(C)c(C)c(N[C@@H](C)c2ncccc2C)n1. The van der Waals surface area contributed by atoms with Gasteiger partial charge in [-0.2, -0.15) is 0 Å². The molecule has 0 bridgehead atoms. The van der Waals surface area contributed by atoms with Gasteiger partial charge in [0, 0.05) is 17.5 Å². The van der Waals surface area contributed by atoms with Crippen molar-refractivity contribution >= 4 is 5.82 Å². The van der Waals surface area contributed by atoms with E-state index < -0.39 is 0 Å². The number of nitrogens with one attached hydrogen (secondary N) is 1. The van der Waals surface area contributed by atoms with E-state index in [1.165, 1.54) is 5.56 Å². The molecular formula is C15H20N4. The summed E-state index contributed by atoms with van der Waals surface area (Å²) in [6, 6.07) is 4.15. The van der Waals surface area contributed by atoms with Gasteiger partial charge in [-0.25, -0.2) is 9.97 Å². The van der Waals surface area contributed by atoms with Crippen LogP contribution in [-0.4, -0.2) is 15.0 Å². The molecule has 2 aromatic rings. The number of aromatic nitrogens is 3. The lowest BCUT2D eigenvalue weighted by Crippen LogP contribution is -2.13. The summed E-state index contributed by atoms with van der Waals surface area (Å²) in [5.41, 5.74) is 4.34. The van der Waals surface area contributed by atoms with Gasteiger partial charge in [0.25, 0.3) is 0 Å². The quantitative estimate of drug-likeness (QED) is 0.915. The molecule has 1 N–H and O–H groups in total. The van der Waals surface area contributed by atoms with E-state index in [1.807, 2.05) is 33.0 Å². The van der Waals surface area contributed by atoms with Crippen LogP contribution in [0.4, 0.5) is 5.82 Å². The van der Waals surface area contributed by atoms with Gasteiger partial charge in [-0.15, -0.1) is 0 Å². The summed E-state index contributed by atoms with van der Waals surface area (Å²) in [6.07, 6.45) is 1.82. The van der Waals surface area contributed by atoms with Crippen molar-refractivity contribution in [3.05, 3.63) is 46.7 Å². The Morgan fingerprint density at radius 1 is 1.11 bits per heavy atom. The third kappa shape index (κ3) is 2.89. The largest absolute Gasteiger partial charge is 0.362 e. The number of nitrogens with zero attached hydrogens (tertiary/aromatic N) is 3. The zero-order valence-electron chi connectivity index (χ0n) is 12.2. The standard InChI is InChI=1S/C15H20N4/c1-9-7-6-8-16-14(9)12(4)18-15-10(2)11(3)17-13(5)19-15/h6-8,12H,1-5H3,(H,17,18,19)/t12-/m0/s1. The van der Waals surface area contributed by atoms with E-state index in [4.69, 9.17) is 0 Å². The summed E-state index contributed by atoms with van der Waals surface area (Å²) in [7, 11) is 0. The molecule has 0 amide bonds. The number of hydrogen-bond donors (Lipinski definition) is 1. The van der Waals surface area contributed by atoms with Crippen LogP contribution in [0.3, 0.4) is 0 Å². The second kappa shape index (κ2) is 5.34. The van der Waals surface area contributed by atoms with Crippen LogP contribution >= 0.6 is 0 Å². The van der Waals surface area contributed by atoms with Gasteiger partial charge in [-0.05, 0) is 46.2 Å². The highest BCUT2D eigenvalue weighted by atomic mass is 15.1. The molecule has 2 rings (SSSR count). The predicted molar refractivity (Wildman–Crippen MR) is 77.3 cm³/mol. The number of rotatable bonds is 3. The molecule has 0 saturated heterocycles. The van der Waals surface area contributed by atoms with E-state index in [1.54, 1.807) is 0 Å². The van der Waals surface area contributed by atoms with Crippen molar-refractivity contribution in [2.75, 3.05) is 5.32 Å². The monoisotopic (exact) mass is 256 g/mol. The Bertz CT molecular complexity index is 593. The second-order valence-corrected chi connectivity index (χ2v) is 4.90. The number of aryl methyl sites for hydroxylation is 3. The Hall–Kier alpha value is -1.97. The van der Waals surface area contributed by atoms with Crippen LogP contribution in [0.1, 0.15) is 41.3 Å². The topological polar surface area (TPSA) is 50.7 Å². The first-order valence-electron chi connectivity index (χ1n) is 6.49. The van der Waals surface area contributed by atoms with E-state index in [0.29, 0.717) is 0 Å². The van der Waals surface area contributed by atoms with Crippen molar-refractivity contribution in [3.8, 4) is 0 Å². The van der Waals surface area contributed by atoms with Crippen molar-refractivity contribution in [3.63, 3.8) is 0 Å². The molecule has 2 aromatic heterocycles. The Balaban J connectivity index is 2.29. The Kier molecular flexibility index (Phi) is 3.79. The fourth-order valence-corrected chi connectivity index (χ4v) is 2.13. The molecule has 4 nitrogen and oxygen atoms in total. The Labute approximate surface area is 114 Å². The number of pyridine rings is 1. The molecule has 0 unspecified atom stereocenters. The zero-order valence-corrected chi connectivity index (χ0v) is 12.2.